The highest BCUT2D eigenvalue weighted by molar-refractivity contribution is 5.98. The number of aromatic nitrogens is 1. The minimum Gasteiger partial charge on any atom is -0.352 e. The van der Waals surface area contributed by atoms with Gasteiger partial charge in [-0.15, -0.1) is 0 Å². The zero-order valence-electron chi connectivity index (χ0n) is 16.3. The predicted octanol–water partition coefficient (Wildman–Crippen LogP) is 3.94. The summed E-state index contributed by atoms with van der Waals surface area (Å²) >= 11 is 0. The summed E-state index contributed by atoms with van der Waals surface area (Å²) in [6.07, 6.45) is 9.47. The molecule has 1 heterocycles. The van der Waals surface area contributed by atoms with Gasteiger partial charge >= 0.3 is 0 Å². The summed E-state index contributed by atoms with van der Waals surface area (Å²) in [5.41, 5.74) is 4.31. The number of amides is 2. The number of aryl methyl sites for hydroxylation is 1. The Labute approximate surface area is 166 Å². The van der Waals surface area contributed by atoms with E-state index in [1.165, 1.54) is 24.6 Å². The third kappa shape index (κ3) is 5.52. The van der Waals surface area contributed by atoms with Crippen LogP contribution in [0.15, 0.2) is 54.2 Å². The van der Waals surface area contributed by atoms with E-state index in [1.54, 1.807) is 12.1 Å². The third-order valence-electron chi connectivity index (χ3n) is 5.07. The van der Waals surface area contributed by atoms with Gasteiger partial charge in [-0.05, 0) is 62.3 Å². The molecule has 0 saturated carbocycles. The molecule has 1 aliphatic rings. The normalized spacial score (nSPS) is 13.5. The molecule has 5 nitrogen and oxygen atoms in total. The standard InChI is InChI=1S/C23H27N3O2/c1-17-7-5-6-10-20(17)16-26-23(28)21-15-19(12-14-24-21)22(27)25-13-11-18-8-3-2-4-9-18/h5-8,10,12,14-15H,2-4,9,11,13,16H2,1H3,(H,25,27)(H,26,28). The Kier molecular flexibility index (Phi) is 6.95. The van der Waals surface area contributed by atoms with Crippen LogP contribution in [0.2, 0.25) is 0 Å². The summed E-state index contributed by atoms with van der Waals surface area (Å²) in [5, 5.41) is 5.81. The third-order valence-corrected chi connectivity index (χ3v) is 5.07. The number of carbonyl (C=O) groups excluding carboxylic acids is 2. The Morgan fingerprint density at radius 3 is 2.71 bits per heavy atom. The first-order chi connectivity index (χ1) is 13.6. The lowest BCUT2D eigenvalue weighted by Gasteiger charge is -2.13. The molecule has 0 fully saturated rings. The fourth-order valence-electron chi connectivity index (χ4n) is 3.34. The van der Waals surface area contributed by atoms with Crippen molar-refractivity contribution in [1.29, 1.82) is 0 Å². The Balaban J connectivity index is 1.53. The van der Waals surface area contributed by atoms with Crippen molar-refractivity contribution in [3.05, 3.63) is 76.6 Å². The van der Waals surface area contributed by atoms with Gasteiger partial charge < -0.3 is 10.6 Å². The molecule has 1 aliphatic carbocycles. The molecule has 1 aromatic heterocycles. The largest absolute Gasteiger partial charge is 0.352 e. The van der Waals surface area contributed by atoms with Crippen LogP contribution in [0.5, 0.6) is 0 Å². The maximum atomic E-state index is 12.4. The van der Waals surface area contributed by atoms with Gasteiger partial charge in [-0.2, -0.15) is 0 Å². The molecule has 146 valence electrons. The molecular weight excluding hydrogens is 350 g/mol. The van der Waals surface area contributed by atoms with Crippen molar-refractivity contribution in [2.45, 2.75) is 45.6 Å². The van der Waals surface area contributed by atoms with Crippen molar-refractivity contribution in [2.24, 2.45) is 0 Å². The van der Waals surface area contributed by atoms with Gasteiger partial charge in [0.05, 0.1) is 0 Å². The van der Waals surface area contributed by atoms with Crippen molar-refractivity contribution < 1.29 is 9.59 Å². The molecule has 0 spiro atoms. The van der Waals surface area contributed by atoms with Gasteiger partial charge in [0.15, 0.2) is 0 Å². The van der Waals surface area contributed by atoms with E-state index in [2.05, 4.69) is 21.7 Å². The molecule has 0 atom stereocenters. The van der Waals surface area contributed by atoms with Crippen LogP contribution in [0.3, 0.4) is 0 Å². The first-order valence-electron chi connectivity index (χ1n) is 9.88. The fraction of sp³-hybridized carbons (Fsp3) is 0.348. The van der Waals surface area contributed by atoms with Gasteiger partial charge in [-0.3, -0.25) is 14.6 Å². The van der Waals surface area contributed by atoms with E-state index in [1.807, 2.05) is 31.2 Å². The van der Waals surface area contributed by atoms with Gasteiger partial charge in [0, 0.05) is 24.8 Å². The lowest BCUT2D eigenvalue weighted by atomic mass is 9.97. The average Bonchev–Trinajstić information content (AvgIpc) is 2.74. The van der Waals surface area contributed by atoms with Gasteiger partial charge in [0.2, 0.25) is 0 Å². The summed E-state index contributed by atoms with van der Waals surface area (Å²) in [7, 11) is 0. The molecule has 2 amide bonds. The lowest BCUT2D eigenvalue weighted by molar-refractivity contribution is 0.0946. The number of hydrogen-bond donors (Lipinski definition) is 2. The number of allylic oxidation sites excluding steroid dienone is 1. The van der Waals surface area contributed by atoms with Crippen molar-refractivity contribution >= 4 is 11.8 Å². The first-order valence-corrected chi connectivity index (χ1v) is 9.88. The first kappa shape index (κ1) is 19.8. The Hall–Kier alpha value is -2.95. The van der Waals surface area contributed by atoms with Gasteiger partial charge in [-0.1, -0.05) is 35.9 Å². The van der Waals surface area contributed by atoms with Crippen LogP contribution in [0.4, 0.5) is 0 Å². The van der Waals surface area contributed by atoms with Crippen LogP contribution in [0, 0.1) is 6.92 Å². The zero-order chi connectivity index (χ0) is 19.8. The summed E-state index contributed by atoms with van der Waals surface area (Å²) in [6, 6.07) is 11.1. The van der Waals surface area contributed by atoms with Crippen LogP contribution in [-0.4, -0.2) is 23.3 Å². The Bertz CT molecular complexity index is 874. The molecule has 5 heteroatoms. The molecule has 0 aliphatic heterocycles. The molecule has 1 aromatic carbocycles. The lowest BCUT2D eigenvalue weighted by Crippen LogP contribution is -2.27. The van der Waals surface area contributed by atoms with Gasteiger partial charge in [0.1, 0.15) is 5.69 Å². The number of rotatable bonds is 7. The monoisotopic (exact) mass is 377 g/mol. The predicted molar refractivity (Wildman–Crippen MR) is 110 cm³/mol. The van der Waals surface area contributed by atoms with Crippen molar-refractivity contribution in [2.75, 3.05) is 6.54 Å². The Morgan fingerprint density at radius 2 is 1.93 bits per heavy atom. The number of benzene rings is 1. The molecule has 0 bridgehead atoms. The minimum atomic E-state index is -0.287. The van der Waals surface area contributed by atoms with Crippen LogP contribution >= 0.6 is 0 Å². The minimum absolute atomic E-state index is 0.174. The van der Waals surface area contributed by atoms with Crippen LogP contribution in [0.1, 0.15) is 64.1 Å². The summed E-state index contributed by atoms with van der Waals surface area (Å²) in [4.78, 5) is 28.9. The summed E-state index contributed by atoms with van der Waals surface area (Å²) in [6.45, 7) is 3.05. The fourth-order valence-corrected chi connectivity index (χ4v) is 3.34. The maximum Gasteiger partial charge on any atom is 0.270 e. The SMILES string of the molecule is Cc1ccccc1CNC(=O)c1cc(C(=O)NCCC2=CCCCC2)ccn1. The number of pyridine rings is 1. The van der Waals surface area contributed by atoms with E-state index >= 15 is 0 Å². The zero-order valence-corrected chi connectivity index (χ0v) is 16.3. The maximum absolute atomic E-state index is 12.4. The van der Waals surface area contributed by atoms with Crippen molar-refractivity contribution in [3.63, 3.8) is 0 Å². The molecule has 28 heavy (non-hydrogen) atoms. The smallest absolute Gasteiger partial charge is 0.270 e. The molecule has 0 radical (unpaired) electrons. The second-order valence-corrected chi connectivity index (χ2v) is 7.15. The highest BCUT2D eigenvalue weighted by Crippen LogP contribution is 2.19. The van der Waals surface area contributed by atoms with Gasteiger partial charge in [0.25, 0.3) is 11.8 Å². The number of carbonyl (C=O) groups is 2. The molecule has 2 N–H and O–H groups in total. The number of hydrogen-bond acceptors (Lipinski definition) is 3. The molecule has 3 rings (SSSR count). The average molecular weight is 377 g/mol. The summed E-state index contributed by atoms with van der Waals surface area (Å²) < 4.78 is 0. The molecular formula is C23H27N3O2. The van der Waals surface area contributed by atoms with E-state index in [9.17, 15) is 9.59 Å². The van der Waals surface area contributed by atoms with E-state index in [4.69, 9.17) is 0 Å². The van der Waals surface area contributed by atoms with Gasteiger partial charge in [-0.25, -0.2) is 0 Å². The van der Waals surface area contributed by atoms with E-state index in [0.717, 1.165) is 30.4 Å². The van der Waals surface area contributed by atoms with Crippen LogP contribution in [0.25, 0.3) is 0 Å². The summed E-state index contributed by atoms with van der Waals surface area (Å²) in [5.74, 6) is -0.461. The van der Waals surface area contributed by atoms with E-state index in [0.29, 0.717) is 18.7 Å². The number of nitrogens with one attached hydrogen (secondary N) is 2. The number of nitrogens with zero attached hydrogens (tertiary/aromatic N) is 1. The highest BCUT2D eigenvalue weighted by atomic mass is 16.2. The van der Waals surface area contributed by atoms with Crippen LogP contribution in [-0.2, 0) is 6.54 Å². The van der Waals surface area contributed by atoms with E-state index < -0.39 is 0 Å². The topological polar surface area (TPSA) is 71.1 Å². The molecule has 2 aromatic rings. The van der Waals surface area contributed by atoms with Crippen molar-refractivity contribution in [3.8, 4) is 0 Å². The molecule has 0 unspecified atom stereocenters. The van der Waals surface area contributed by atoms with E-state index in [-0.39, 0.29) is 17.5 Å². The quantitative estimate of drug-likeness (QED) is 0.718. The Morgan fingerprint density at radius 1 is 1.07 bits per heavy atom. The second kappa shape index (κ2) is 9.83. The highest BCUT2D eigenvalue weighted by Gasteiger charge is 2.12. The van der Waals surface area contributed by atoms with Crippen LogP contribution < -0.4 is 10.6 Å². The second-order valence-electron chi connectivity index (χ2n) is 7.15. The molecule has 0 saturated heterocycles. The van der Waals surface area contributed by atoms with Crippen molar-refractivity contribution in [1.82, 2.24) is 15.6 Å².